The van der Waals surface area contributed by atoms with Gasteiger partial charge >= 0.3 is 0 Å². The zero-order valence-corrected chi connectivity index (χ0v) is 26.5. The van der Waals surface area contributed by atoms with Gasteiger partial charge in [-0.3, -0.25) is 0 Å². The first-order valence-electron chi connectivity index (χ1n) is 14.1. The van der Waals surface area contributed by atoms with Crippen LogP contribution in [0.4, 0.5) is 0 Å². The van der Waals surface area contributed by atoms with Crippen LogP contribution in [0.3, 0.4) is 0 Å². The normalized spacial score (nSPS) is 18.4. The van der Waals surface area contributed by atoms with Crippen molar-refractivity contribution >= 4 is 27.5 Å². The summed E-state index contributed by atoms with van der Waals surface area (Å²) in [5.74, 6) is 3.16. The van der Waals surface area contributed by atoms with E-state index in [1.807, 2.05) is 48.5 Å². The summed E-state index contributed by atoms with van der Waals surface area (Å²) in [6.45, 7) is 0.554. The van der Waals surface area contributed by atoms with Gasteiger partial charge in [-0.15, -0.1) is 0 Å². The van der Waals surface area contributed by atoms with E-state index < -0.39 is 0 Å². The molecule has 1 aliphatic rings. The van der Waals surface area contributed by atoms with Gasteiger partial charge in [0.05, 0.1) is 33.5 Å². The SMILES string of the molecule is COc1cc(OC)c([C@@H]2C[C@H](CCc3ccc(OCc4ccccc4)cc3)O[C@H](c3ccc(Cl)cc3)C2)c(OC)c1Br. The predicted octanol–water partition coefficient (Wildman–Crippen LogP) is 9.34. The van der Waals surface area contributed by atoms with E-state index in [0.717, 1.165) is 64.1 Å². The number of benzene rings is 4. The average Bonchev–Trinajstić information content (AvgIpc) is 3.03. The van der Waals surface area contributed by atoms with E-state index in [9.17, 15) is 0 Å². The lowest BCUT2D eigenvalue weighted by atomic mass is 9.81. The fourth-order valence-corrected chi connectivity index (χ4v) is 6.43. The molecule has 5 nitrogen and oxygen atoms in total. The van der Waals surface area contributed by atoms with E-state index in [0.29, 0.717) is 17.4 Å². The highest BCUT2D eigenvalue weighted by Gasteiger charge is 2.35. The topological polar surface area (TPSA) is 46.2 Å². The maximum Gasteiger partial charge on any atom is 0.143 e. The number of rotatable bonds is 11. The van der Waals surface area contributed by atoms with Crippen molar-refractivity contribution in [1.29, 1.82) is 0 Å². The van der Waals surface area contributed by atoms with E-state index in [1.54, 1.807) is 21.3 Å². The van der Waals surface area contributed by atoms with Crippen LogP contribution in [0.25, 0.3) is 0 Å². The Morgan fingerprint density at radius 2 is 1.52 bits per heavy atom. The van der Waals surface area contributed by atoms with Crippen LogP contribution in [0.15, 0.2) is 89.4 Å². The summed E-state index contributed by atoms with van der Waals surface area (Å²) in [6, 6.07) is 28.4. The van der Waals surface area contributed by atoms with E-state index in [-0.39, 0.29) is 18.1 Å². The highest BCUT2D eigenvalue weighted by Crippen LogP contribution is 2.51. The largest absolute Gasteiger partial charge is 0.496 e. The molecule has 1 aliphatic heterocycles. The molecule has 4 aromatic carbocycles. The first kappa shape index (κ1) is 30.3. The van der Waals surface area contributed by atoms with Gasteiger partial charge in [0, 0.05) is 16.7 Å². The van der Waals surface area contributed by atoms with Gasteiger partial charge in [-0.25, -0.2) is 0 Å². The van der Waals surface area contributed by atoms with Crippen LogP contribution in [0.1, 0.15) is 53.5 Å². The molecular formula is C35H36BrClO5. The molecule has 7 heteroatoms. The second kappa shape index (κ2) is 14.3. The standard InChI is InChI=1S/C35H36BrClO5/c1-38-31-21-32(39-2)34(36)35(40-3)33(31)26-19-29(42-30(20-26)25-12-14-27(37)15-13-25)18-11-23-9-16-28(17-10-23)41-22-24-7-5-4-6-8-24/h4-10,12-17,21,26,29-30H,11,18-20,22H2,1-3H3/t26-,29+,30+/m1/s1. The fraction of sp³-hybridized carbons (Fsp3) is 0.314. The molecule has 220 valence electrons. The molecule has 5 rings (SSSR count). The van der Waals surface area contributed by atoms with Crippen molar-refractivity contribution in [3.05, 3.63) is 117 Å². The van der Waals surface area contributed by atoms with Gasteiger partial charge in [0.1, 0.15) is 34.1 Å². The summed E-state index contributed by atoms with van der Waals surface area (Å²) >= 11 is 9.90. The minimum atomic E-state index is -0.0879. The molecule has 1 fully saturated rings. The molecule has 1 saturated heterocycles. The summed E-state index contributed by atoms with van der Waals surface area (Å²) in [4.78, 5) is 0. The highest BCUT2D eigenvalue weighted by atomic mass is 79.9. The molecule has 42 heavy (non-hydrogen) atoms. The Bertz CT molecular complexity index is 1440. The maximum atomic E-state index is 6.73. The zero-order chi connectivity index (χ0) is 29.5. The highest BCUT2D eigenvalue weighted by molar-refractivity contribution is 9.10. The van der Waals surface area contributed by atoms with Crippen molar-refractivity contribution in [2.75, 3.05) is 21.3 Å². The smallest absolute Gasteiger partial charge is 0.143 e. The fourth-order valence-electron chi connectivity index (χ4n) is 5.66. The lowest BCUT2D eigenvalue weighted by molar-refractivity contribution is -0.0632. The lowest BCUT2D eigenvalue weighted by Gasteiger charge is -2.37. The van der Waals surface area contributed by atoms with Crippen LogP contribution < -0.4 is 18.9 Å². The minimum Gasteiger partial charge on any atom is -0.496 e. The van der Waals surface area contributed by atoms with Gasteiger partial charge in [0.25, 0.3) is 0 Å². The minimum absolute atomic E-state index is 0.0359. The predicted molar refractivity (Wildman–Crippen MR) is 170 cm³/mol. The Morgan fingerprint density at radius 1 is 0.810 bits per heavy atom. The molecule has 0 aliphatic carbocycles. The molecule has 0 saturated carbocycles. The average molecular weight is 652 g/mol. The molecule has 0 amide bonds. The number of hydrogen-bond acceptors (Lipinski definition) is 5. The zero-order valence-electron chi connectivity index (χ0n) is 24.1. The summed E-state index contributed by atoms with van der Waals surface area (Å²) < 4.78 is 30.9. The molecule has 0 radical (unpaired) electrons. The van der Waals surface area contributed by atoms with E-state index >= 15 is 0 Å². The summed E-state index contributed by atoms with van der Waals surface area (Å²) in [7, 11) is 5.01. The van der Waals surface area contributed by atoms with Crippen LogP contribution in [0.5, 0.6) is 23.0 Å². The maximum absolute atomic E-state index is 6.73. The Balaban J connectivity index is 1.34. The lowest BCUT2D eigenvalue weighted by Crippen LogP contribution is -2.28. The number of ether oxygens (including phenoxy) is 5. The third-order valence-electron chi connectivity index (χ3n) is 7.81. The van der Waals surface area contributed by atoms with Crippen LogP contribution in [0.2, 0.25) is 5.02 Å². The van der Waals surface area contributed by atoms with E-state index in [4.69, 9.17) is 35.3 Å². The monoisotopic (exact) mass is 650 g/mol. The summed E-state index contributed by atoms with van der Waals surface area (Å²) in [5, 5.41) is 0.710. The Labute approximate surface area is 261 Å². The van der Waals surface area contributed by atoms with Crippen LogP contribution in [-0.2, 0) is 17.8 Å². The molecule has 0 bridgehead atoms. The van der Waals surface area contributed by atoms with Gasteiger partial charge in [-0.2, -0.15) is 0 Å². The molecule has 3 atom stereocenters. The van der Waals surface area contributed by atoms with E-state index in [2.05, 4.69) is 52.3 Å². The number of aryl methyl sites for hydroxylation is 1. The Kier molecular flexibility index (Phi) is 10.3. The van der Waals surface area contributed by atoms with Crippen molar-refractivity contribution in [2.24, 2.45) is 0 Å². The first-order valence-corrected chi connectivity index (χ1v) is 15.3. The third kappa shape index (κ3) is 7.23. The first-order chi connectivity index (χ1) is 20.5. The number of halogens is 2. The van der Waals surface area contributed by atoms with Crippen molar-refractivity contribution in [3.63, 3.8) is 0 Å². The Hall–Kier alpha value is -3.19. The number of hydrogen-bond donors (Lipinski definition) is 0. The second-order valence-electron chi connectivity index (χ2n) is 10.5. The Morgan fingerprint density at radius 3 is 2.19 bits per heavy atom. The van der Waals surface area contributed by atoms with Gasteiger partial charge in [-0.05, 0) is 88.5 Å². The number of methoxy groups -OCH3 is 3. The van der Waals surface area contributed by atoms with Crippen molar-refractivity contribution in [3.8, 4) is 23.0 Å². The summed E-state index contributed by atoms with van der Waals surface area (Å²) in [5.41, 5.74) is 4.54. The van der Waals surface area contributed by atoms with Gasteiger partial charge in [0.15, 0.2) is 0 Å². The summed E-state index contributed by atoms with van der Waals surface area (Å²) in [6.07, 6.45) is 3.35. The van der Waals surface area contributed by atoms with Gasteiger partial charge in [0.2, 0.25) is 0 Å². The van der Waals surface area contributed by atoms with E-state index in [1.165, 1.54) is 5.56 Å². The second-order valence-corrected chi connectivity index (χ2v) is 11.7. The van der Waals surface area contributed by atoms with Crippen molar-refractivity contribution < 1.29 is 23.7 Å². The molecule has 0 N–H and O–H groups in total. The molecule has 1 heterocycles. The molecule has 0 aromatic heterocycles. The molecule has 0 spiro atoms. The van der Waals surface area contributed by atoms with Crippen LogP contribution in [0, 0.1) is 0 Å². The molecule has 4 aromatic rings. The van der Waals surface area contributed by atoms with Crippen LogP contribution >= 0.6 is 27.5 Å². The quantitative estimate of drug-likeness (QED) is 0.162. The molecule has 0 unspecified atom stereocenters. The molecular weight excluding hydrogens is 616 g/mol. The van der Waals surface area contributed by atoms with Crippen molar-refractivity contribution in [2.45, 2.75) is 50.4 Å². The van der Waals surface area contributed by atoms with Crippen molar-refractivity contribution in [1.82, 2.24) is 0 Å². The van der Waals surface area contributed by atoms with Gasteiger partial charge in [-0.1, -0.05) is 66.2 Å². The van der Waals surface area contributed by atoms with Gasteiger partial charge < -0.3 is 23.7 Å². The third-order valence-corrected chi connectivity index (χ3v) is 8.81. The van der Waals surface area contributed by atoms with Crippen LogP contribution in [-0.4, -0.2) is 27.4 Å².